The van der Waals surface area contributed by atoms with Crippen LogP contribution >= 0.6 is 12.4 Å². The smallest absolute Gasteiger partial charge is 0.0948 e. The van der Waals surface area contributed by atoms with Gasteiger partial charge in [-0.15, -0.1) is 12.4 Å². The molecule has 2 atom stereocenters. The lowest BCUT2D eigenvalue weighted by Crippen LogP contribution is -2.34. The van der Waals surface area contributed by atoms with Crippen molar-refractivity contribution in [2.45, 2.75) is 32.0 Å². The summed E-state index contributed by atoms with van der Waals surface area (Å²) in [6.07, 6.45) is 1.55. The van der Waals surface area contributed by atoms with E-state index in [-0.39, 0.29) is 18.5 Å². The van der Waals surface area contributed by atoms with Gasteiger partial charge in [-0.2, -0.15) is 0 Å². The SMILES string of the molecule is CCC(OCC(O)CN1CCc2ccccc21)c1ccccc1.Cl. The van der Waals surface area contributed by atoms with E-state index in [0.29, 0.717) is 13.2 Å². The Morgan fingerprint density at radius 3 is 2.54 bits per heavy atom. The van der Waals surface area contributed by atoms with E-state index in [1.807, 2.05) is 18.2 Å². The first kappa shape index (κ1) is 18.8. The predicted octanol–water partition coefficient (Wildman–Crippen LogP) is 4.00. The van der Waals surface area contributed by atoms with E-state index in [2.05, 4.69) is 48.2 Å². The van der Waals surface area contributed by atoms with E-state index < -0.39 is 6.10 Å². The third-order valence-corrected chi connectivity index (χ3v) is 4.45. The van der Waals surface area contributed by atoms with Crippen LogP contribution in [-0.2, 0) is 11.2 Å². The Morgan fingerprint density at radius 2 is 1.79 bits per heavy atom. The average Bonchev–Trinajstić information content (AvgIpc) is 2.99. The molecule has 0 amide bonds. The van der Waals surface area contributed by atoms with Gasteiger partial charge in [0.25, 0.3) is 0 Å². The number of hydrogen-bond donors (Lipinski definition) is 1. The number of aliphatic hydroxyl groups is 1. The third-order valence-electron chi connectivity index (χ3n) is 4.45. The van der Waals surface area contributed by atoms with Crippen LogP contribution in [0.4, 0.5) is 5.69 Å². The summed E-state index contributed by atoms with van der Waals surface area (Å²) in [6, 6.07) is 18.7. The van der Waals surface area contributed by atoms with Crippen molar-refractivity contribution in [2.24, 2.45) is 0 Å². The van der Waals surface area contributed by atoms with Crippen molar-refractivity contribution in [3.63, 3.8) is 0 Å². The van der Waals surface area contributed by atoms with Gasteiger partial charge in [-0.3, -0.25) is 0 Å². The van der Waals surface area contributed by atoms with Crippen LogP contribution in [0.5, 0.6) is 0 Å². The fourth-order valence-electron chi connectivity index (χ4n) is 3.25. The summed E-state index contributed by atoms with van der Waals surface area (Å²) in [5.74, 6) is 0. The Morgan fingerprint density at radius 1 is 1.08 bits per heavy atom. The fourth-order valence-corrected chi connectivity index (χ4v) is 3.25. The molecule has 0 radical (unpaired) electrons. The number of halogens is 1. The first-order valence-electron chi connectivity index (χ1n) is 8.45. The molecule has 4 heteroatoms. The highest BCUT2D eigenvalue weighted by atomic mass is 35.5. The maximum atomic E-state index is 10.4. The second-order valence-electron chi connectivity index (χ2n) is 6.12. The van der Waals surface area contributed by atoms with Crippen molar-refractivity contribution >= 4 is 18.1 Å². The summed E-state index contributed by atoms with van der Waals surface area (Å²) in [6.45, 7) is 4.08. The number of ether oxygens (including phenoxy) is 1. The number of hydrogen-bond acceptors (Lipinski definition) is 3. The van der Waals surface area contributed by atoms with E-state index in [1.54, 1.807) is 0 Å². The minimum Gasteiger partial charge on any atom is -0.389 e. The number of fused-ring (bicyclic) bond motifs is 1. The number of benzene rings is 2. The van der Waals surface area contributed by atoms with Crippen molar-refractivity contribution in [2.75, 3.05) is 24.6 Å². The Balaban J connectivity index is 0.00000208. The zero-order valence-electron chi connectivity index (χ0n) is 14.1. The lowest BCUT2D eigenvalue weighted by Gasteiger charge is -2.24. The predicted molar refractivity (Wildman–Crippen MR) is 101 cm³/mol. The molecule has 2 aromatic rings. The topological polar surface area (TPSA) is 32.7 Å². The third kappa shape index (κ3) is 4.50. The number of rotatable bonds is 7. The summed E-state index contributed by atoms with van der Waals surface area (Å²) in [7, 11) is 0. The Kier molecular flexibility index (Phi) is 7.10. The second kappa shape index (κ2) is 9.07. The number of anilines is 1. The van der Waals surface area contributed by atoms with Gasteiger partial charge in [0, 0.05) is 18.8 Å². The van der Waals surface area contributed by atoms with Crippen molar-refractivity contribution in [3.8, 4) is 0 Å². The Bertz CT molecular complexity index is 620. The van der Waals surface area contributed by atoms with E-state index in [0.717, 1.165) is 19.4 Å². The molecular weight excluding hydrogens is 322 g/mol. The van der Waals surface area contributed by atoms with Gasteiger partial charge in [-0.1, -0.05) is 55.5 Å². The molecule has 0 aromatic heterocycles. The van der Waals surface area contributed by atoms with E-state index in [9.17, 15) is 5.11 Å². The average molecular weight is 348 g/mol. The Hall–Kier alpha value is -1.55. The standard InChI is InChI=1S/C20H25NO2.ClH/c1-2-20(17-9-4-3-5-10-17)23-15-18(22)14-21-13-12-16-8-6-7-11-19(16)21;/h3-11,18,20,22H,2,12-15H2,1H3;1H. The molecule has 2 aromatic carbocycles. The van der Waals surface area contributed by atoms with Crippen LogP contribution in [0.2, 0.25) is 0 Å². The van der Waals surface area contributed by atoms with Gasteiger partial charge < -0.3 is 14.7 Å². The highest BCUT2D eigenvalue weighted by Gasteiger charge is 2.21. The lowest BCUT2D eigenvalue weighted by molar-refractivity contribution is -0.00911. The first-order valence-corrected chi connectivity index (χ1v) is 8.45. The van der Waals surface area contributed by atoms with Crippen LogP contribution in [0.15, 0.2) is 54.6 Å². The van der Waals surface area contributed by atoms with Crippen molar-refractivity contribution < 1.29 is 9.84 Å². The molecule has 0 saturated heterocycles. The van der Waals surface area contributed by atoms with E-state index >= 15 is 0 Å². The quantitative estimate of drug-likeness (QED) is 0.821. The molecule has 1 aliphatic rings. The molecule has 1 aliphatic heterocycles. The highest BCUT2D eigenvalue weighted by molar-refractivity contribution is 5.85. The maximum Gasteiger partial charge on any atom is 0.0948 e. The van der Waals surface area contributed by atoms with Crippen molar-refractivity contribution in [3.05, 3.63) is 65.7 Å². The van der Waals surface area contributed by atoms with Gasteiger partial charge >= 0.3 is 0 Å². The van der Waals surface area contributed by atoms with Crippen LogP contribution in [-0.4, -0.2) is 30.9 Å². The molecular formula is C20H26ClNO2. The van der Waals surface area contributed by atoms with Crippen LogP contribution in [0, 0.1) is 0 Å². The van der Waals surface area contributed by atoms with Gasteiger partial charge in [0.05, 0.1) is 18.8 Å². The molecule has 2 unspecified atom stereocenters. The minimum absolute atomic E-state index is 0. The van der Waals surface area contributed by atoms with Gasteiger partial charge in [-0.25, -0.2) is 0 Å². The van der Waals surface area contributed by atoms with Gasteiger partial charge in [0.2, 0.25) is 0 Å². The fraction of sp³-hybridized carbons (Fsp3) is 0.400. The molecule has 0 fully saturated rings. The van der Waals surface area contributed by atoms with E-state index in [4.69, 9.17) is 4.74 Å². The summed E-state index contributed by atoms with van der Waals surface area (Å²) < 4.78 is 5.96. The molecule has 130 valence electrons. The molecule has 24 heavy (non-hydrogen) atoms. The van der Waals surface area contributed by atoms with Crippen LogP contribution in [0.25, 0.3) is 0 Å². The molecule has 0 bridgehead atoms. The molecule has 1 N–H and O–H groups in total. The summed E-state index contributed by atoms with van der Waals surface area (Å²) >= 11 is 0. The van der Waals surface area contributed by atoms with Crippen LogP contribution in [0.3, 0.4) is 0 Å². The number of aliphatic hydroxyl groups excluding tert-OH is 1. The second-order valence-corrected chi connectivity index (χ2v) is 6.12. The summed E-state index contributed by atoms with van der Waals surface area (Å²) in [5.41, 5.74) is 3.80. The van der Waals surface area contributed by atoms with Crippen molar-refractivity contribution in [1.29, 1.82) is 0 Å². The number of para-hydroxylation sites is 1. The monoisotopic (exact) mass is 347 g/mol. The number of nitrogens with zero attached hydrogens (tertiary/aromatic N) is 1. The molecule has 0 spiro atoms. The highest BCUT2D eigenvalue weighted by Crippen LogP contribution is 2.27. The molecule has 1 heterocycles. The Labute approximate surface area is 150 Å². The maximum absolute atomic E-state index is 10.4. The normalized spacial score (nSPS) is 15.5. The molecule has 0 saturated carbocycles. The zero-order valence-corrected chi connectivity index (χ0v) is 14.9. The minimum atomic E-state index is -0.473. The van der Waals surface area contributed by atoms with Gasteiger partial charge in [-0.05, 0) is 30.0 Å². The number of β-amino-alcohol motifs (C(OH)–C–C–N with tert-alkyl or cyclic N) is 1. The zero-order chi connectivity index (χ0) is 16.1. The first-order chi connectivity index (χ1) is 11.3. The summed E-state index contributed by atoms with van der Waals surface area (Å²) in [4.78, 5) is 2.26. The van der Waals surface area contributed by atoms with Gasteiger partial charge in [0.1, 0.15) is 0 Å². The summed E-state index contributed by atoms with van der Waals surface area (Å²) in [5, 5.41) is 10.4. The van der Waals surface area contributed by atoms with Crippen LogP contribution in [0.1, 0.15) is 30.6 Å². The van der Waals surface area contributed by atoms with E-state index in [1.165, 1.54) is 16.8 Å². The van der Waals surface area contributed by atoms with Crippen molar-refractivity contribution in [1.82, 2.24) is 0 Å². The lowest BCUT2D eigenvalue weighted by atomic mass is 10.1. The van der Waals surface area contributed by atoms with Gasteiger partial charge in [0.15, 0.2) is 0 Å². The molecule has 3 nitrogen and oxygen atoms in total. The van der Waals surface area contributed by atoms with Crippen LogP contribution < -0.4 is 4.90 Å². The molecule has 0 aliphatic carbocycles. The largest absolute Gasteiger partial charge is 0.389 e. The molecule has 3 rings (SSSR count).